The van der Waals surface area contributed by atoms with Gasteiger partial charge >= 0.3 is 6.09 Å². The molecular formula is C28H31N5O4S2. The van der Waals surface area contributed by atoms with Crippen LogP contribution >= 0.6 is 22.7 Å². The first-order chi connectivity index (χ1) is 18.9. The van der Waals surface area contributed by atoms with Crippen molar-refractivity contribution in [3.05, 3.63) is 53.2 Å². The van der Waals surface area contributed by atoms with Crippen molar-refractivity contribution in [1.82, 2.24) is 20.2 Å². The van der Waals surface area contributed by atoms with E-state index in [0.717, 1.165) is 47.4 Å². The number of carbonyl (C=O) groups is 2. The molecule has 5 rings (SSSR count). The van der Waals surface area contributed by atoms with Crippen molar-refractivity contribution in [2.75, 3.05) is 32.1 Å². The number of anilines is 1. The summed E-state index contributed by atoms with van der Waals surface area (Å²) in [5.41, 5.74) is 4.99. The summed E-state index contributed by atoms with van der Waals surface area (Å²) in [6.07, 6.45) is 3.48. The molecule has 2 atom stereocenters. The van der Waals surface area contributed by atoms with E-state index < -0.39 is 6.09 Å². The molecule has 204 valence electrons. The highest BCUT2D eigenvalue weighted by Crippen LogP contribution is 2.50. The van der Waals surface area contributed by atoms with E-state index in [0.29, 0.717) is 32.5 Å². The van der Waals surface area contributed by atoms with E-state index in [1.807, 2.05) is 26.0 Å². The van der Waals surface area contributed by atoms with Crippen molar-refractivity contribution in [2.45, 2.75) is 38.8 Å². The number of hydrogen-bond donors (Lipinski definition) is 3. The Morgan fingerprint density at radius 1 is 1.13 bits per heavy atom. The highest BCUT2D eigenvalue weighted by molar-refractivity contribution is 7.23. The summed E-state index contributed by atoms with van der Waals surface area (Å²) in [4.78, 5) is 36.5. The zero-order valence-corrected chi connectivity index (χ0v) is 23.7. The van der Waals surface area contributed by atoms with E-state index in [1.54, 1.807) is 30.8 Å². The first kappa shape index (κ1) is 27.2. The Balaban J connectivity index is 1.52. The van der Waals surface area contributed by atoms with Gasteiger partial charge < -0.3 is 20.5 Å². The molecule has 39 heavy (non-hydrogen) atoms. The number of methoxy groups -OCH3 is 1. The van der Waals surface area contributed by atoms with Crippen LogP contribution in [0.25, 0.3) is 31.9 Å². The van der Waals surface area contributed by atoms with Gasteiger partial charge in [-0.15, -0.1) is 22.7 Å². The molecule has 1 aliphatic heterocycles. The Bertz CT molecular complexity index is 1490. The number of ether oxygens (including phenoxy) is 1. The number of nitrogens with zero attached hydrogens (tertiary/aromatic N) is 3. The number of hydrogen-bond acceptors (Lipinski definition) is 8. The van der Waals surface area contributed by atoms with Gasteiger partial charge in [0.2, 0.25) is 5.91 Å². The normalized spacial score (nSPS) is 16.8. The predicted molar refractivity (Wildman–Crippen MR) is 156 cm³/mol. The van der Waals surface area contributed by atoms with Crippen LogP contribution < -0.4 is 10.6 Å². The van der Waals surface area contributed by atoms with Crippen molar-refractivity contribution in [2.24, 2.45) is 0 Å². The number of pyridine rings is 1. The van der Waals surface area contributed by atoms with Crippen molar-refractivity contribution >= 4 is 49.9 Å². The lowest BCUT2D eigenvalue weighted by Crippen LogP contribution is -2.43. The van der Waals surface area contributed by atoms with Gasteiger partial charge in [-0.05, 0) is 61.2 Å². The van der Waals surface area contributed by atoms with Crippen LogP contribution in [0.1, 0.15) is 36.8 Å². The second-order valence-corrected chi connectivity index (χ2v) is 11.6. The van der Waals surface area contributed by atoms with E-state index >= 15 is 0 Å². The molecule has 2 unspecified atom stereocenters. The molecule has 0 saturated carbocycles. The molecule has 1 aromatic carbocycles. The van der Waals surface area contributed by atoms with Gasteiger partial charge in [-0.25, -0.2) is 9.78 Å². The van der Waals surface area contributed by atoms with Crippen molar-refractivity contribution in [3.63, 3.8) is 0 Å². The standard InChI is InChI=1S/C28H31N5O4S2/c1-16-14-20-24(26-31-21-15-19(4-5-22(21)38-26)18-6-9-29-10-7-18)27(32-23(34)8-11-30-12-13-37-3)39-25(20)17(2)33(16)28(35)36/h4-7,9-10,15-17,30H,8,11-14H2,1-3H3,(H,32,34)(H,35,36). The zero-order chi connectivity index (χ0) is 27.5. The minimum atomic E-state index is -0.938. The number of amides is 2. The quantitative estimate of drug-likeness (QED) is 0.225. The first-order valence-electron chi connectivity index (χ1n) is 12.8. The lowest BCUT2D eigenvalue weighted by Gasteiger charge is -2.36. The Morgan fingerprint density at radius 3 is 2.67 bits per heavy atom. The van der Waals surface area contributed by atoms with Crippen molar-refractivity contribution in [1.29, 1.82) is 0 Å². The molecular weight excluding hydrogens is 534 g/mol. The van der Waals surface area contributed by atoms with Gasteiger partial charge in [0.15, 0.2) is 0 Å². The molecule has 4 heterocycles. The average molecular weight is 566 g/mol. The number of aromatic nitrogens is 2. The van der Waals surface area contributed by atoms with Gasteiger partial charge in [0.1, 0.15) is 10.0 Å². The third-order valence-electron chi connectivity index (χ3n) is 6.91. The van der Waals surface area contributed by atoms with Crippen LogP contribution in [0.2, 0.25) is 0 Å². The molecule has 4 aromatic rings. The summed E-state index contributed by atoms with van der Waals surface area (Å²) in [5, 5.41) is 17.7. The Labute approximate surface area is 234 Å². The smallest absolute Gasteiger partial charge is 0.408 e. The number of benzene rings is 1. The third kappa shape index (κ3) is 5.67. The van der Waals surface area contributed by atoms with Gasteiger partial charge in [-0.2, -0.15) is 0 Å². The number of thiophene rings is 1. The summed E-state index contributed by atoms with van der Waals surface area (Å²) < 4.78 is 6.09. The van der Waals surface area contributed by atoms with Crippen molar-refractivity contribution < 1.29 is 19.4 Å². The fourth-order valence-corrected chi connectivity index (χ4v) is 7.43. The Kier molecular flexibility index (Phi) is 8.22. The number of fused-ring (bicyclic) bond motifs is 2. The van der Waals surface area contributed by atoms with E-state index in [-0.39, 0.29) is 18.0 Å². The van der Waals surface area contributed by atoms with Crippen LogP contribution in [-0.2, 0) is 16.0 Å². The van der Waals surface area contributed by atoms with Gasteiger partial charge in [-0.1, -0.05) is 6.07 Å². The van der Waals surface area contributed by atoms with Crippen LogP contribution in [0.3, 0.4) is 0 Å². The van der Waals surface area contributed by atoms with Crippen LogP contribution in [0, 0.1) is 0 Å². The summed E-state index contributed by atoms with van der Waals surface area (Å²) in [5.74, 6) is -0.100. The molecule has 1 aliphatic rings. The van der Waals surface area contributed by atoms with E-state index in [2.05, 4.69) is 33.8 Å². The number of rotatable bonds is 9. The highest BCUT2D eigenvalue weighted by atomic mass is 32.1. The molecule has 11 heteroatoms. The van der Waals surface area contributed by atoms with Crippen molar-refractivity contribution in [3.8, 4) is 21.7 Å². The molecule has 0 fully saturated rings. The molecule has 9 nitrogen and oxygen atoms in total. The molecule has 0 spiro atoms. The second kappa shape index (κ2) is 11.8. The molecule has 2 amide bonds. The van der Waals surface area contributed by atoms with Gasteiger partial charge in [0, 0.05) is 55.5 Å². The van der Waals surface area contributed by atoms with Gasteiger partial charge in [0.25, 0.3) is 0 Å². The molecule has 3 aromatic heterocycles. The average Bonchev–Trinajstić information content (AvgIpc) is 3.49. The second-order valence-electron chi connectivity index (χ2n) is 9.55. The number of thiazole rings is 1. The summed E-state index contributed by atoms with van der Waals surface area (Å²) in [6.45, 7) is 5.64. The largest absolute Gasteiger partial charge is 0.465 e. The zero-order valence-electron chi connectivity index (χ0n) is 22.1. The van der Waals surface area contributed by atoms with E-state index in [1.165, 1.54) is 16.2 Å². The minimum absolute atomic E-state index is 0.100. The van der Waals surface area contributed by atoms with Crippen LogP contribution in [0.15, 0.2) is 42.7 Å². The topological polar surface area (TPSA) is 117 Å². The molecule has 3 N–H and O–H groups in total. The number of nitrogens with one attached hydrogen (secondary N) is 2. The lowest BCUT2D eigenvalue weighted by molar-refractivity contribution is -0.116. The van der Waals surface area contributed by atoms with Gasteiger partial charge in [0.05, 0.1) is 22.9 Å². The lowest BCUT2D eigenvalue weighted by atomic mass is 9.93. The monoisotopic (exact) mass is 565 g/mol. The predicted octanol–water partition coefficient (Wildman–Crippen LogP) is 5.64. The van der Waals surface area contributed by atoms with Gasteiger partial charge in [-0.3, -0.25) is 14.7 Å². The SMILES string of the molecule is COCCNCCC(=O)Nc1sc2c(c1-c1nc3cc(-c4ccncc4)ccc3s1)CC(C)N(C(=O)O)C2C. The maximum atomic E-state index is 12.9. The molecule has 0 saturated heterocycles. The molecule has 0 aliphatic carbocycles. The summed E-state index contributed by atoms with van der Waals surface area (Å²) in [7, 11) is 1.64. The minimum Gasteiger partial charge on any atom is -0.465 e. The van der Waals surface area contributed by atoms with Crippen LogP contribution in [0.5, 0.6) is 0 Å². The van der Waals surface area contributed by atoms with Crippen LogP contribution in [0.4, 0.5) is 9.80 Å². The van der Waals surface area contributed by atoms with Crippen LogP contribution in [-0.4, -0.2) is 64.8 Å². The Morgan fingerprint density at radius 2 is 1.92 bits per heavy atom. The number of carbonyl (C=O) groups excluding carboxylic acids is 1. The Hall–Kier alpha value is -3.38. The summed E-state index contributed by atoms with van der Waals surface area (Å²) in [6, 6.07) is 9.66. The van der Waals surface area contributed by atoms with E-state index in [9.17, 15) is 14.7 Å². The number of carboxylic acid groups (broad SMARTS) is 1. The molecule has 0 bridgehead atoms. The van der Waals surface area contributed by atoms with E-state index in [4.69, 9.17) is 9.72 Å². The fraction of sp³-hybridized carbons (Fsp3) is 0.357. The maximum absolute atomic E-state index is 12.9. The first-order valence-corrected chi connectivity index (χ1v) is 14.5. The fourth-order valence-electron chi connectivity index (χ4n) is 5.04. The highest BCUT2D eigenvalue weighted by Gasteiger charge is 2.37. The maximum Gasteiger partial charge on any atom is 0.408 e. The third-order valence-corrected chi connectivity index (χ3v) is 9.28. The molecule has 0 radical (unpaired) electrons. The summed E-state index contributed by atoms with van der Waals surface area (Å²) >= 11 is 3.04.